The van der Waals surface area contributed by atoms with E-state index >= 15 is 0 Å². The Morgan fingerprint density at radius 1 is 1.12 bits per heavy atom. The number of likely N-dealkylation sites (tertiary alicyclic amines) is 1. The smallest absolute Gasteiger partial charge is 0.306 e. The summed E-state index contributed by atoms with van der Waals surface area (Å²) in [5.41, 5.74) is 2.62. The molecule has 0 unspecified atom stereocenters. The summed E-state index contributed by atoms with van der Waals surface area (Å²) in [5, 5.41) is 9.07. The average Bonchev–Trinajstić information content (AvgIpc) is 2.96. The standard InChI is InChI=1S/C18H19BrN2O3/c1-20-15(13-4-2-3-5-14(13)19)6-7-16(20)17(22)21-10-8-12(9-11-21)18(23)24/h2-7,12H,8-11H2,1H3,(H,23,24). The molecule has 2 heterocycles. The molecule has 0 atom stereocenters. The largest absolute Gasteiger partial charge is 0.481 e. The maximum Gasteiger partial charge on any atom is 0.306 e. The summed E-state index contributed by atoms with van der Waals surface area (Å²) in [4.78, 5) is 25.6. The summed E-state index contributed by atoms with van der Waals surface area (Å²) < 4.78 is 2.87. The summed E-state index contributed by atoms with van der Waals surface area (Å²) in [6.07, 6.45) is 1.03. The summed E-state index contributed by atoms with van der Waals surface area (Å²) in [5.74, 6) is -1.14. The highest BCUT2D eigenvalue weighted by Gasteiger charge is 2.28. The van der Waals surface area contributed by atoms with Crippen molar-refractivity contribution in [2.75, 3.05) is 13.1 Å². The van der Waals surface area contributed by atoms with E-state index in [1.165, 1.54) is 0 Å². The van der Waals surface area contributed by atoms with Gasteiger partial charge < -0.3 is 14.6 Å². The predicted molar refractivity (Wildman–Crippen MR) is 94.8 cm³/mol. The number of carbonyl (C=O) groups excluding carboxylic acids is 1. The van der Waals surface area contributed by atoms with Gasteiger partial charge in [-0.3, -0.25) is 9.59 Å². The lowest BCUT2D eigenvalue weighted by molar-refractivity contribution is -0.143. The van der Waals surface area contributed by atoms with Crippen LogP contribution in [0.2, 0.25) is 0 Å². The Kier molecular flexibility index (Phi) is 4.76. The van der Waals surface area contributed by atoms with Gasteiger partial charge in [0.1, 0.15) is 5.69 Å². The third-order valence-electron chi connectivity index (χ3n) is 4.62. The molecule has 2 aromatic rings. The fourth-order valence-electron chi connectivity index (χ4n) is 3.16. The van der Waals surface area contributed by atoms with Crippen molar-refractivity contribution in [3.63, 3.8) is 0 Å². The SMILES string of the molecule is Cn1c(C(=O)N2CCC(C(=O)O)CC2)ccc1-c1ccccc1Br. The second kappa shape index (κ2) is 6.81. The van der Waals surface area contributed by atoms with Crippen LogP contribution in [-0.2, 0) is 11.8 Å². The van der Waals surface area contributed by atoms with E-state index in [9.17, 15) is 9.59 Å². The highest BCUT2D eigenvalue weighted by atomic mass is 79.9. The van der Waals surface area contributed by atoms with Crippen molar-refractivity contribution in [1.82, 2.24) is 9.47 Å². The predicted octanol–water partition coefficient (Wildman–Crippen LogP) is 3.39. The molecule has 0 spiro atoms. The number of benzene rings is 1. The van der Waals surface area contributed by atoms with Gasteiger partial charge in [0.25, 0.3) is 5.91 Å². The van der Waals surface area contributed by atoms with Crippen LogP contribution in [0.3, 0.4) is 0 Å². The van der Waals surface area contributed by atoms with E-state index in [0.717, 1.165) is 15.7 Å². The number of aliphatic carboxylic acids is 1. The normalized spacial score (nSPS) is 15.5. The molecule has 5 nitrogen and oxygen atoms in total. The zero-order valence-electron chi connectivity index (χ0n) is 13.4. The minimum Gasteiger partial charge on any atom is -0.481 e. The van der Waals surface area contributed by atoms with Crippen molar-refractivity contribution in [3.05, 3.63) is 46.6 Å². The fourth-order valence-corrected chi connectivity index (χ4v) is 3.64. The summed E-state index contributed by atoms with van der Waals surface area (Å²) >= 11 is 3.55. The van der Waals surface area contributed by atoms with Crippen LogP contribution in [0.4, 0.5) is 0 Å². The highest BCUT2D eigenvalue weighted by Crippen LogP contribution is 2.29. The molecule has 1 saturated heterocycles. The molecular weight excluding hydrogens is 372 g/mol. The topological polar surface area (TPSA) is 62.5 Å². The van der Waals surface area contributed by atoms with Crippen molar-refractivity contribution < 1.29 is 14.7 Å². The van der Waals surface area contributed by atoms with Gasteiger partial charge >= 0.3 is 5.97 Å². The van der Waals surface area contributed by atoms with E-state index in [-0.39, 0.29) is 11.8 Å². The first-order chi connectivity index (χ1) is 11.5. The van der Waals surface area contributed by atoms with Crippen molar-refractivity contribution >= 4 is 27.8 Å². The zero-order chi connectivity index (χ0) is 17.3. The van der Waals surface area contributed by atoms with Gasteiger partial charge in [0.15, 0.2) is 0 Å². The number of aromatic nitrogens is 1. The molecule has 0 aliphatic carbocycles. The van der Waals surface area contributed by atoms with E-state index in [1.54, 1.807) is 4.90 Å². The molecule has 1 aromatic carbocycles. The van der Waals surface area contributed by atoms with Crippen LogP contribution in [0, 0.1) is 5.92 Å². The Labute approximate surface area is 149 Å². The first kappa shape index (κ1) is 16.8. The van der Waals surface area contributed by atoms with E-state index in [1.807, 2.05) is 48.0 Å². The second-order valence-corrected chi connectivity index (χ2v) is 6.90. The molecule has 1 aromatic heterocycles. The number of carbonyl (C=O) groups is 2. The van der Waals surface area contributed by atoms with Gasteiger partial charge in [-0.15, -0.1) is 0 Å². The fraction of sp³-hybridized carbons (Fsp3) is 0.333. The molecule has 1 amide bonds. The van der Waals surface area contributed by atoms with Gasteiger partial charge in [-0.25, -0.2) is 0 Å². The summed E-state index contributed by atoms with van der Waals surface area (Å²) in [6, 6.07) is 11.7. The van der Waals surface area contributed by atoms with Gasteiger partial charge in [-0.2, -0.15) is 0 Å². The zero-order valence-corrected chi connectivity index (χ0v) is 15.0. The number of rotatable bonds is 3. The molecule has 1 fully saturated rings. The highest BCUT2D eigenvalue weighted by molar-refractivity contribution is 9.10. The van der Waals surface area contributed by atoms with Crippen LogP contribution >= 0.6 is 15.9 Å². The number of hydrogen-bond acceptors (Lipinski definition) is 2. The third kappa shape index (κ3) is 3.11. The van der Waals surface area contributed by atoms with Crippen molar-refractivity contribution in [2.24, 2.45) is 13.0 Å². The molecule has 126 valence electrons. The number of hydrogen-bond donors (Lipinski definition) is 1. The lowest BCUT2D eigenvalue weighted by Crippen LogP contribution is -2.40. The average molecular weight is 391 g/mol. The molecule has 1 aliphatic rings. The van der Waals surface area contributed by atoms with Gasteiger partial charge in [0.2, 0.25) is 0 Å². The summed E-state index contributed by atoms with van der Waals surface area (Å²) in [7, 11) is 1.88. The molecule has 6 heteroatoms. The van der Waals surface area contributed by atoms with E-state index in [4.69, 9.17) is 5.11 Å². The van der Waals surface area contributed by atoms with Crippen LogP contribution in [0.1, 0.15) is 23.3 Å². The van der Waals surface area contributed by atoms with Crippen molar-refractivity contribution in [3.8, 4) is 11.3 Å². The van der Waals surface area contributed by atoms with Crippen molar-refractivity contribution in [1.29, 1.82) is 0 Å². The number of halogens is 1. The summed E-state index contributed by atoms with van der Waals surface area (Å²) in [6.45, 7) is 0.983. The minimum absolute atomic E-state index is 0.0420. The van der Waals surface area contributed by atoms with Crippen LogP contribution in [0.5, 0.6) is 0 Å². The number of piperidine rings is 1. The van der Waals surface area contributed by atoms with Crippen molar-refractivity contribution in [2.45, 2.75) is 12.8 Å². The molecule has 3 rings (SSSR count). The first-order valence-corrected chi connectivity index (χ1v) is 8.71. The monoisotopic (exact) mass is 390 g/mol. The van der Waals surface area contributed by atoms with Gasteiger partial charge in [-0.05, 0) is 31.0 Å². The maximum atomic E-state index is 12.8. The first-order valence-electron chi connectivity index (χ1n) is 7.91. The third-order valence-corrected chi connectivity index (χ3v) is 5.31. The Bertz CT molecular complexity index is 776. The second-order valence-electron chi connectivity index (χ2n) is 6.05. The molecule has 1 N–H and O–H groups in total. The Morgan fingerprint density at radius 2 is 1.79 bits per heavy atom. The number of amides is 1. The van der Waals surface area contributed by atoms with Crippen LogP contribution in [0.25, 0.3) is 11.3 Å². The molecule has 0 radical (unpaired) electrons. The molecule has 1 aliphatic heterocycles. The van der Waals surface area contributed by atoms with Crippen LogP contribution in [-0.4, -0.2) is 39.5 Å². The maximum absolute atomic E-state index is 12.8. The van der Waals surface area contributed by atoms with Gasteiger partial charge in [0, 0.05) is 35.9 Å². The Hall–Kier alpha value is -2.08. The van der Waals surface area contributed by atoms with Gasteiger partial charge in [-0.1, -0.05) is 34.1 Å². The Morgan fingerprint density at radius 3 is 2.42 bits per heavy atom. The lowest BCUT2D eigenvalue weighted by Gasteiger charge is -2.30. The lowest BCUT2D eigenvalue weighted by atomic mass is 9.97. The quantitative estimate of drug-likeness (QED) is 0.873. The molecular formula is C18H19BrN2O3. The van der Waals surface area contributed by atoms with E-state index < -0.39 is 5.97 Å². The van der Waals surface area contributed by atoms with Crippen LogP contribution < -0.4 is 0 Å². The molecule has 0 saturated carbocycles. The number of carboxylic acid groups (broad SMARTS) is 1. The number of nitrogens with zero attached hydrogens (tertiary/aromatic N) is 2. The van der Waals surface area contributed by atoms with Gasteiger partial charge in [0.05, 0.1) is 5.92 Å². The minimum atomic E-state index is -0.767. The van der Waals surface area contributed by atoms with Crippen LogP contribution in [0.15, 0.2) is 40.9 Å². The van der Waals surface area contributed by atoms with E-state index in [0.29, 0.717) is 31.6 Å². The Balaban J connectivity index is 1.80. The van der Waals surface area contributed by atoms with E-state index in [2.05, 4.69) is 15.9 Å². The number of carboxylic acids is 1. The molecule has 24 heavy (non-hydrogen) atoms. The molecule has 0 bridgehead atoms.